The largest absolute Gasteiger partial charge is 0.343 e. The zero-order valence-electron chi connectivity index (χ0n) is 19.6. The van der Waals surface area contributed by atoms with E-state index in [0.717, 1.165) is 68.8 Å². The molecule has 0 saturated carbocycles. The molecule has 1 aliphatic heterocycles. The summed E-state index contributed by atoms with van der Waals surface area (Å²) in [6, 6.07) is 18.5. The lowest BCUT2D eigenvalue weighted by molar-refractivity contribution is 0.0901. The molecule has 1 saturated heterocycles. The van der Waals surface area contributed by atoms with Crippen molar-refractivity contribution in [2.24, 2.45) is 0 Å². The number of piperazine rings is 1. The van der Waals surface area contributed by atoms with Crippen LogP contribution in [0, 0.1) is 6.92 Å². The Morgan fingerprint density at radius 3 is 2.48 bits per heavy atom. The zero-order valence-corrected chi connectivity index (χ0v) is 19.6. The van der Waals surface area contributed by atoms with E-state index in [-0.39, 0.29) is 11.9 Å². The fourth-order valence-corrected chi connectivity index (χ4v) is 5.06. The predicted octanol–water partition coefficient (Wildman–Crippen LogP) is 3.39. The van der Waals surface area contributed by atoms with E-state index in [1.807, 2.05) is 35.0 Å². The smallest absolute Gasteiger partial charge is 0.272 e. The second-order valence-corrected chi connectivity index (χ2v) is 9.37. The van der Waals surface area contributed by atoms with Crippen molar-refractivity contribution in [1.29, 1.82) is 0 Å². The topological polar surface area (TPSA) is 53.4 Å². The summed E-state index contributed by atoms with van der Waals surface area (Å²) in [6.07, 6.45) is 2.95. The van der Waals surface area contributed by atoms with Crippen molar-refractivity contribution in [2.45, 2.75) is 32.2 Å². The molecule has 6 nitrogen and oxygen atoms in total. The monoisotopic (exact) mass is 443 g/mol. The van der Waals surface area contributed by atoms with Crippen LogP contribution in [0.4, 0.5) is 0 Å². The van der Waals surface area contributed by atoms with E-state index >= 15 is 0 Å². The SMILES string of the molecule is Cc1ccccc1-n1nc(C(=O)NC(CN2CCN(C)CC2)c2ccccc2)c2c1CCC2. The van der Waals surface area contributed by atoms with Gasteiger partial charge in [-0.2, -0.15) is 5.10 Å². The Morgan fingerprint density at radius 1 is 1.00 bits per heavy atom. The number of fused-ring (bicyclic) bond motifs is 1. The molecule has 2 aliphatic rings. The third-order valence-corrected chi connectivity index (χ3v) is 7.03. The molecule has 0 bridgehead atoms. The van der Waals surface area contributed by atoms with Crippen LogP contribution in [0.5, 0.6) is 0 Å². The number of hydrogen-bond acceptors (Lipinski definition) is 4. The number of likely N-dealkylation sites (N-methyl/N-ethyl adjacent to an activating group) is 1. The van der Waals surface area contributed by atoms with Gasteiger partial charge < -0.3 is 10.2 Å². The van der Waals surface area contributed by atoms with Crippen molar-refractivity contribution < 1.29 is 4.79 Å². The molecule has 0 spiro atoms. The van der Waals surface area contributed by atoms with Gasteiger partial charge in [-0.3, -0.25) is 9.69 Å². The van der Waals surface area contributed by atoms with Crippen LogP contribution in [0.1, 0.15) is 45.3 Å². The Labute approximate surface area is 196 Å². The van der Waals surface area contributed by atoms with Gasteiger partial charge >= 0.3 is 0 Å². The van der Waals surface area contributed by atoms with Crippen LogP contribution in [-0.4, -0.2) is 65.3 Å². The maximum Gasteiger partial charge on any atom is 0.272 e. The maximum atomic E-state index is 13.6. The highest BCUT2D eigenvalue weighted by Gasteiger charge is 2.29. The number of nitrogens with zero attached hydrogens (tertiary/aromatic N) is 4. The fourth-order valence-electron chi connectivity index (χ4n) is 5.06. The molecule has 1 aliphatic carbocycles. The van der Waals surface area contributed by atoms with Crippen molar-refractivity contribution in [1.82, 2.24) is 24.9 Å². The van der Waals surface area contributed by atoms with Crippen molar-refractivity contribution in [3.63, 3.8) is 0 Å². The van der Waals surface area contributed by atoms with Crippen molar-refractivity contribution in [3.05, 3.63) is 82.7 Å². The molecular weight excluding hydrogens is 410 g/mol. The van der Waals surface area contributed by atoms with Gasteiger partial charge in [0.2, 0.25) is 0 Å². The quantitative estimate of drug-likeness (QED) is 0.635. The molecule has 1 atom stereocenters. The summed E-state index contributed by atoms with van der Waals surface area (Å²) in [6.45, 7) is 7.07. The normalized spacial score (nSPS) is 17.6. The minimum absolute atomic E-state index is 0.0662. The lowest BCUT2D eigenvalue weighted by atomic mass is 10.1. The first-order valence-electron chi connectivity index (χ1n) is 12.0. The minimum Gasteiger partial charge on any atom is -0.343 e. The first kappa shape index (κ1) is 21.9. The Bertz CT molecular complexity index is 1110. The summed E-state index contributed by atoms with van der Waals surface area (Å²) in [7, 11) is 2.17. The average Bonchev–Trinajstić information content (AvgIpc) is 3.44. The van der Waals surface area contributed by atoms with E-state index in [2.05, 4.69) is 53.4 Å². The number of para-hydroxylation sites is 1. The first-order chi connectivity index (χ1) is 16.1. The van der Waals surface area contributed by atoms with Crippen LogP contribution < -0.4 is 5.32 Å². The molecule has 1 amide bonds. The Morgan fingerprint density at radius 2 is 1.73 bits per heavy atom. The molecule has 3 aromatic rings. The van der Waals surface area contributed by atoms with Crippen LogP contribution in [-0.2, 0) is 12.8 Å². The zero-order chi connectivity index (χ0) is 22.8. The molecule has 5 rings (SSSR count). The van der Waals surface area contributed by atoms with Gasteiger partial charge in [0, 0.05) is 44.0 Å². The van der Waals surface area contributed by atoms with E-state index in [1.165, 1.54) is 11.3 Å². The van der Waals surface area contributed by atoms with Gasteiger partial charge in [-0.05, 0) is 50.4 Å². The maximum absolute atomic E-state index is 13.6. The molecule has 1 N–H and O–H groups in total. The van der Waals surface area contributed by atoms with Gasteiger partial charge in [0.15, 0.2) is 5.69 Å². The van der Waals surface area contributed by atoms with Crippen molar-refractivity contribution >= 4 is 5.91 Å². The standard InChI is InChI=1S/C27H33N5O/c1-20-9-6-7-13-24(20)32-25-14-8-12-22(25)26(29-32)27(33)28-23(21-10-4-3-5-11-21)19-31-17-15-30(2)16-18-31/h3-7,9-11,13,23H,8,12,14-19H2,1-2H3,(H,28,33). The number of amides is 1. The molecule has 33 heavy (non-hydrogen) atoms. The second-order valence-electron chi connectivity index (χ2n) is 9.37. The second kappa shape index (κ2) is 9.49. The number of nitrogens with one attached hydrogen (secondary N) is 1. The summed E-state index contributed by atoms with van der Waals surface area (Å²) in [5.74, 6) is -0.0662. The minimum atomic E-state index is -0.0669. The number of benzene rings is 2. The van der Waals surface area contributed by atoms with E-state index in [1.54, 1.807) is 0 Å². The van der Waals surface area contributed by atoms with Crippen molar-refractivity contribution in [2.75, 3.05) is 39.8 Å². The third kappa shape index (κ3) is 4.59. The summed E-state index contributed by atoms with van der Waals surface area (Å²) >= 11 is 0. The molecule has 2 heterocycles. The number of carbonyl (C=O) groups is 1. The lowest BCUT2D eigenvalue weighted by Crippen LogP contribution is -2.48. The Hall–Kier alpha value is -2.96. The molecule has 0 radical (unpaired) electrons. The highest BCUT2D eigenvalue weighted by Crippen LogP contribution is 2.29. The van der Waals surface area contributed by atoms with Crippen LogP contribution in [0.2, 0.25) is 0 Å². The van der Waals surface area contributed by atoms with Crippen LogP contribution >= 0.6 is 0 Å². The van der Waals surface area contributed by atoms with Gasteiger partial charge in [0.05, 0.1) is 11.7 Å². The number of rotatable bonds is 6. The Kier molecular flexibility index (Phi) is 6.29. The summed E-state index contributed by atoms with van der Waals surface area (Å²) < 4.78 is 2.00. The number of aromatic nitrogens is 2. The third-order valence-electron chi connectivity index (χ3n) is 7.03. The van der Waals surface area contributed by atoms with Gasteiger partial charge in [-0.25, -0.2) is 4.68 Å². The van der Waals surface area contributed by atoms with E-state index in [4.69, 9.17) is 5.10 Å². The van der Waals surface area contributed by atoms with E-state index in [0.29, 0.717) is 5.69 Å². The van der Waals surface area contributed by atoms with Gasteiger partial charge in [-0.15, -0.1) is 0 Å². The van der Waals surface area contributed by atoms with Gasteiger partial charge in [-0.1, -0.05) is 48.5 Å². The summed E-state index contributed by atoms with van der Waals surface area (Å²) in [4.78, 5) is 18.4. The average molecular weight is 444 g/mol. The predicted molar refractivity (Wildman–Crippen MR) is 131 cm³/mol. The molecule has 1 unspecified atom stereocenters. The molecule has 2 aromatic carbocycles. The van der Waals surface area contributed by atoms with Crippen LogP contribution in [0.3, 0.4) is 0 Å². The molecule has 1 fully saturated rings. The van der Waals surface area contributed by atoms with Gasteiger partial charge in [0.25, 0.3) is 5.91 Å². The molecule has 6 heteroatoms. The highest BCUT2D eigenvalue weighted by atomic mass is 16.2. The lowest BCUT2D eigenvalue weighted by Gasteiger charge is -2.35. The Balaban J connectivity index is 1.42. The van der Waals surface area contributed by atoms with Crippen molar-refractivity contribution in [3.8, 4) is 5.69 Å². The number of aryl methyl sites for hydroxylation is 1. The molecule has 1 aromatic heterocycles. The van der Waals surface area contributed by atoms with E-state index < -0.39 is 0 Å². The first-order valence-corrected chi connectivity index (χ1v) is 12.0. The molecular formula is C27H33N5O. The van der Waals surface area contributed by atoms with Gasteiger partial charge in [0.1, 0.15) is 0 Å². The highest BCUT2D eigenvalue weighted by molar-refractivity contribution is 5.94. The number of carbonyl (C=O) groups excluding carboxylic acids is 1. The molecule has 172 valence electrons. The van der Waals surface area contributed by atoms with Crippen LogP contribution in [0.15, 0.2) is 54.6 Å². The summed E-state index contributed by atoms with van der Waals surface area (Å²) in [5.41, 5.74) is 6.25. The number of hydrogen-bond donors (Lipinski definition) is 1. The fraction of sp³-hybridized carbons (Fsp3) is 0.407. The van der Waals surface area contributed by atoms with Crippen LogP contribution in [0.25, 0.3) is 5.69 Å². The van der Waals surface area contributed by atoms with E-state index in [9.17, 15) is 4.79 Å². The summed E-state index contributed by atoms with van der Waals surface area (Å²) in [5, 5.41) is 8.20.